The Kier molecular flexibility index (Phi) is 4.65. The predicted octanol–water partition coefficient (Wildman–Crippen LogP) is 3.92. The minimum Gasteiger partial charge on any atom is -0.491 e. The van der Waals surface area contributed by atoms with Crippen molar-refractivity contribution in [2.24, 2.45) is 5.92 Å². The minimum absolute atomic E-state index is 0.229. The first-order chi connectivity index (χ1) is 8.72. The van der Waals surface area contributed by atoms with E-state index in [1.807, 2.05) is 0 Å². The lowest BCUT2D eigenvalue weighted by atomic mass is 9.91. The third-order valence-corrected chi connectivity index (χ3v) is 3.80. The van der Waals surface area contributed by atoms with Crippen molar-refractivity contribution >= 4 is 0 Å². The van der Waals surface area contributed by atoms with Gasteiger partial charge in [0.1, 0.15) is 5.75 Å². The molecule has 1 aromatic carbocycles. The molecule has 1 aliphatic rings. The molecule has 100 valence electrons. The zero-order valence-corrected chi connectivity index (χ0v) is 11.8. The van der Waals surface area contributed by atoms with Crippen LogP contribution in [0.25, 0.3) is 0 Å². The monoisotopic (exact) mass is 247 g/mol. The summed E-state index contributed by atoms with van der Waals surface area (Å²) in [6, 6.07) is 8.90. The van der Waals surface area contributed by atoms with Gasteiger partial charge in [-0.2, -0.15) is 0 Å². The van der Waals surface area contributed by atoms with E-state index in [0.717, 1.165) is 11.7 Å². The van der Waals surface area contributed by atoms with Crippen molar-refractivity contribution in [3.05, 3.63) is 29.8 Å². The summed E-state index contributed by atoms with van der Waals surface area (Å²) in [5.74, 6) is 1.80. The molecular weight excluding hydrogens is 222 g/mol. The summed E-state index contributed by atoms with van der Waals surface area (Å²) in [6.07, 6.45) is 5.64. The molecule has 0 aliphatic heterocycles. The molecule has 1 atom stereocenters. The Morgan fingerprint density at radius 1 is 1.17 bits per heavy atom. The second-order valence-electron chi connectivity index (χ2n) is 5.52. The summed E-state index contributed by atoms with van der Waals surface area (Å²) in [5, 5.41) is 3.49. The van der Waals surface area contributed by atoms with Crippen LogP contribution in [-0.2, 0) is 0 Å². The molecule has 1 unspecified atom stereocenters. The number of para-hydroxylation sites is 1. The zero-order valence-electron chi connectivity index (χ0n) is 11.8. The van der Waals surface area contributed by atoms with E-state index in [2.05, 4.69) is 50.5 Å². The summed E-state index contributed by atoms with van der Waals surface area (Å²) in [4.78, 5) is 0. The minimum atomic E-state index is 0.229. The number of rotatable bonds is 5. The Hall–Kier alpha value is -1.02. The molecule has 1 aromatic rings. The van der Waals surface area contributed by atoms with E-state index in [4.69, 9.17) is 4.74 Å². The summed E-state index contributed by atoms with van der Waals surface area (Å²) in [7, 11) is 2.06. The van der Waals surface area contributed by atoms with Crippen LogP contribution in [0, 0.1) is 5.92 Å². The van der Waals surface area contributed by atoms with Crippen LogP contribution in [-0.4, -0.2) is 13.2 Å². The largest absolute Gasteiger partial charge is 0.491 e. The van der Waals surface area contributed by atoms with Crippen molar-refractivity contribution in [2.75, 3.05) is 7.05 Å². The molecule has 0 heterocycles. The number of benzene rings is 1. The Morgan fingerprint density at radius 2 is 1.83 bits per heavy atom. The standard InChI is InChI=1S/C16H25NO/c1-12(2)18-15-11-7-6-10-14(15)16(17-3)13-8-4-5-9-13/h6-7,10-13,16-17H,4-5,8-9H2,1-3H3. The van der Waals surface area contributed by atoms with Gasteiger partial charge in [-0.05, 0) is 45.7 Å². The highest BCUT2D eigenvalue weighted by Crippen LogP contribution is 2.38. The van der Waals surface area contributed by atoms with Gasteiger partial charge in [0.05, 0.1) is 6.10 Å². The number of hydrogen-bond acceptors (Lipinski definition) is 2. The Labute approximate surface area is 111 Å². The van der Waals surface area contributed by atoms with Gasteiger partial charge in [-0.1, -0.05) is 31.0 Å². The number of ether oxygens (including phenoxy) is 1. The van der Waals surface area contributed by atoms with Gasteiger partial charge in [0, 0.05) is 11.6 Å². The molecule has 0 saturated heterocycles. The van der Waals surface area contributed by atoms with Crippen LogP contribution in [0.15, 0.2) is 24.3 Å². The fourth-order valence-corrected chi connectivity index (χ4v) is 3.03. The normalized spacial score (nSPS) is 18.2. The number of nitrogens with one attached hydrogen (secondary N) is 1. The van der Waals surface area contributed by atoms with Crippen molar-refractivity contribution in [3.8, 4) is 5.75 Å². The maximum absolute atomic E-state index is 5.95. The first kappa shape index (κ1) is 13.4. The van der Waals surface area contributed by atoms with E-state index in [0.29, 0.717) is 6.04 Å². The summed E-state index contributed by atoms with van der Waals surface area (Å²) in [6.45, 7) is 4.17. The fraction of sp³-hybridized carbons (Fsp3) is 0.625. The molecule has 0 radical (unpaired) electrons. The van der Waals surface area contributed by atoms with Gasteiger partial charge in [0.15, 0.2) is 0 Å². The Morgan fingerprint density at radius 3 is 2.44 bits per heavy atom. The highest BCUT2D eigenvalue weighted by Gasteiger charge is 2.27. The second kappa shape index (κ2) is 6.24. The van der Waals surface area contributed by atoms with Crippen molar-refractivity contribution in [3.63, 3.8) is 0 Å². The van der Waals surface area contributed by atoms with Gasteiger partial charge >= 0.3 is 0 Å². The van der Waals surface area contributed by atoms with Gasteiger partial charge in [-0.15, -0.1) is 0 Å². The second-order valence-corrected chi connectivity index (χ2v) is 5.52. The van der Waals surface area contributed by atoms with Gasteiger partial charge in [-0.3, -0.25) is 0 Å². The molecule has 0 amide bonds. The lowest BCUT2D eigenvalue weighted by Gasteiger charge is -2.26. The maximum Gasteiger partial charge on any atom is 0.124 e. The van der Waals surface area contributed by atoms with Crippen LogP contribution >= 0.6 is 0 Å². The number of hydrogen-bond donors (Lipinski definition) is 1. The fourth-order valence-electron chi connectivity index (χ4n) is 3.03. The van der Waals surface area contributed by atoms with E-state index < -0.39 is 0 Å². The third kappa shape index (κ3) is 3.05. The molecule has 1 N–H and O–H groups in total. The van der Waals surface area contributed by atoms with Crippen molar-refractivity contribution in [1.82, 2.24) is 5.32 Å². The van der Waals surface area contributed by atoms with Crippen LogP contribution < -0.4 is 10.1 Å². The molecule has 0 aromatic heterocycles. The van der Waals surface area contributed by atoms with Crippen molar-refractivity contribution in [2.45, 2.75) is 51.7 Å². The molecule has 1 fully saturated rings. The predicted molar refractivity (Wildman–Crippen MR) is 76.0 cm³/mol. The highest BCUT2D eigenvalue weighted by atomic mass is 16.5. The maximum atomic E-state index is 5.95. The molecular formula is C16H25NO. The first-order valence-electron chi connectivity index (χ1n) is 7.15. The molecule has 1 aliphatic carbocycles. The Bertz CT molecular complexity index is 369. The molecule has 0 bridgehead atoms. The van der Waals surface area contributed by atoms with Crippen LogP contribution in [0.2, 0.25) is 0 Å². The van der Waals surface area contributed by atoms with E-state index >= 15 is 0 Å². The van der Waals surface area contributed by atoms with Crippen LogP contribution in [0.3, 0.4) is 0 Å². The molecule has 0 spiro atoms. The van der Waals surface area contributed by atoms with E-state index in [1.165, 1.54) is 31.2 Å². The average molecular weight is 247 g/mol. The zero-order chi connectivity index (χ0) is 13.0. The van der Waals surface area contributed by atoms with Crippen LogP contribution in [0.5, 0.6) is 5.75 Å². The van der Waals surface area contributed by atoms with Gasteiger partial charge in [-0.25, -0.2) is 0 Å². The van der Waals surface area contributed by atoms with Crippen LogP contribution in [0.1, 0.15) is 51.1 Å². The highest BCUT2D eigenvalue weighted by molar-refractivity contribution is 5.36. The van der Waals surface area contributed by atoms with Gasteiger partial charge in [0.2, 0.25) is 0 Å². The van der Waals surface area contributed by atoms with Crippen LogP contribution in [0.4, 0.5) is 0 Å². The summed E-state index contributed by atoms with van der Waals surface area (Å²) >= 11 is 0. The molecule has 1 saturated carbocycles. The Balaban J connectivity index is 2.23. The van der Waals surface area contributed by atoms with E-state index in [-0.39, 0.29) is 6.10 Å². The molecule has 18 heavy (non-hydrogen) atoms. The van der Waals surface area contributed by atoms with Crippen molar-refractivity contribution in [1.29, 1.82) is 0 Å². The molecule has 2 rings (SSSR count). The summed E-state index contributed by atoms with van der Waals surface area (Å²) < 4.78 is 5.95. The van der Waals surface area contributed by atoms with Crippen molar-refractivity contribution < 1.29 is 4.74 Å². The smallest absolute Gasteiger partial charge is 0.124 e. The third-order valence-electron chi connectivity index (χ3n) is 3.80. The first-order valence-corrected chi connectivity index (χ1v) is 7.15. The lowest BCUT2D eigenvalue weighted by molar-refractivity contribution is 0.234. The van der Waals surface area contributed by atoms with E-state index in [9.17, 15) is 0 Å². The van der Waals surface area contributed by atoms with Gasteiger partial charge < -0.3 is 10.1 Å². The SMILES string of the molecule is CNC(c1ccccc1OC(C)C)C1CCCC1. The quantitative estimate of drug-likeness (QED) is 0.851. The lowest BCUT2D eigenvalue weighted by Crippen LogP contribution is -2.24. The molecule has 2 heteroatoms. The topological polar surface area (TPSA) is 21.3 Å². The van der Waals surface area contributed by atoms with E-state index in [1.54, 1.807) is 0 Å². The molecule has 2 nitrogen and oxygen atoms in total. The van der Waals surface area contributed by atoms with Gasteiger partial charge in [0.25, 0.3) is 0 Å². The summed E-state index contributed by atoms with van der Waals surface area (Å²) in [5.41, 5.74) is 1.32. The average Bonchev–Trinajstić information content (AvgIpc) is 2.85.